The second-order valence-electron chi connectivity index (χ2n) is 7.70. The first kappa shape index (κ1) is 22.3. The Kier molecular flexibility index (Phi) is 7.61. The fraction of sp³-hybridized carbons (Fsp3) is 0.348. The van der Waals surface area contributed by atoms with Crippen molar-refractivity contribution < 1.29 is 14.7 Å². The molecule has 0 saturated carbocycles. The van der Waals surface area contributed by atoms with Crippen molar-refractivity contribution in [1.29, 1.82) is 5.41 Å². The van der Waals surface area contributed by atoms with E-state index in [2.05, 4.69) is 15.5 Å². The molecule has 8 nitrogen and oxygen atoms in total. The van der Waals surface area contributed by atoms with Crippen molar-refractivity contribution in [3.63, 3.8) is 0 Å². The van der Waals surface area contributed by atoms with Crippen LogP contribution in [0.3, 0.4) is 0 Å². The number of nitrogen functional groups attached to an aromatic ring is 1. The Morgan fingerprint density at radius 2 is 1.87 bits per heavy atom. The second-order valence-corrected chi connectivity index (χ2v) is 7.70. The zero-order valence-corrected chi connectivity index (χ0v) is 17.4. The van der Waals surface area contributed by atoms with Gasteiger partial charge in [0.1, 0.15) is 5.84 Å². The normalized spacial score (nSPS) is 16.5. The van der Waals surface area contributed by atoms with Crippen molar-refractivity contribution in [3.8, 4) is 0 Å². The fourth-order valence-electron chi connectivity index (χ4n) is 3.82. The SMILES string of the molecule is N=C(N)c1ccc(NC(=O)c2ccccc2NCC2CCCCN2CCC(=O)O)cc1. The number of nitrogens with one attached hydrogen (secondary N) is 3. The van der Waals surface area contributed by atoms with Gasteiger partial charge >= 0.3 is 5.97 Å². The summed E-state index contributed by atoms with van der Waals surface area (Å²) < 4.78 is 0. The zero-order chi connectivity index (χ0) is 22.2. The third kappa shape index (κ3) is 6.29. The van der Waals surface area contributed by atoms with Crippen LogP contribution in [0, 0.1) is 5.41 Å². The molecule has 2 aromatic rings. The molecule has 1 atom stereocenters. The molecule has 8 heteroatoms. The molecule has 1 heterocycles. The topological polar surface area (TPSA) is 132 Å². The van der Waals surface area contributed by atoms with Crippen molar-refractivity contribution in [2.75, 3.05) is 30.3 Å². The lowest BCUT2D eigenvalue weighted by atomic mass is 10.0. The van der Waals surface area contributed by atoms with Gasteiger partial charge in [0.2, 0.25) is 0 Å². The van der Waals surface area contributed by atoms with Crippen LogP contribution in [-0.2, 0) is 4.79 Å². The summed E-state index contributed by atoms with van der Waals surface area (Å²) in [5, 5.41) is 22.7. The third-order valence-electron chi connectivity index (χ3n) is 5.52. The van der Waals surface area contributed by atoms with E-state index in [4.69, 9.17) is 16.2 Å². The van der Waals surface area contributed by atoms with Gasteiger partial charge in [-0.3, -0.25) is 19.9 Å². The summed E-state index contributed by atoms with van der Waals surface area (Å²) >= 11 is 0. The minimum atomic E-state index is -0.782. The van der Waals surface area contributed by atoms with E-state index in [1.54, 1.807) is 30.3 Å². The molecule has 0 aromatic heterocycles. The summed E-state index contributed by atoms with van der Waals surface area (Å²) in [4.78, 5) is 26.0. The van der Waals surface area contributed by atoms with Crippen LogP contribution in [0.1, 0.15) is 41.6 Å². The highest BCUT2D eigenvalue weighted by Gasteiger charge is 2.23. The van der Waals surface area contributed by atoms with Gasteiger partial charge in [-0.1, -0.05) is 18.6 Å². The van der Waals surface area contributed by atoms with Gasteiger partial charge in [0.15, 0.2) is 0 Å². The molecule has 6 N–H and O–H groups in total. The number of likely N-dealkylation sites (tertiary alicyclic amines) is 1. The number of carbonyl (C=O) groups is 2. The average Bonchev–Trinajstić information content (AvgIpc) is 2.77. The number of carboxylic acids is 1. The first-order chi connectivity index (χ1) is 14.9. The summed E-state index contributed by atoms with van der Waals surface area (Å²) in [7, 11) is 0. The summed E-state index contributed by atoms with van der Waals surface area (Å²) in [6, 6.07) is 14.4. The molecule has 3 rings (SSSR count). The third-order valence-corrected chi connectivity index (χ3v) is 5.52. The Bertz CT molecular complexity index is 929. The Morgan fingerprint density at radius 1 is 1.13 bits per heavy atom. The molecular weight excluding hydrogens is 394 g/mol. The number of rotatable bonds is 9. The summed E-state index contributed by atoms with van der Waals surface area (Å²) in [6.07, 6.45) is 3.34. The van der Waals surface area contributed by atoms with E-state index in [1.807, 2.05) is 18.2 Å². The van der Waals surface area contributed by atoms with E-state index in [9.17, 15) is 9.59 Å². The molecule has 0 bridgehead atoms. The number of amidine groups is 1. The van der Waals surface area contributed by atoms with E-state index in [0.29, 0.717) is 29.9 Å². The Labute approximate surface area is 181 Å². The number of amides is 1. The fourth-order valence-corrected chi connectivity index (χ4v) is 3.82. The number of hydrogen-bond acceptors (Lipinski definition) is 5. The van der Waals surface area contributed by atoms with Crippen molar-refractivity contribution in [2.45, 2.75) is 31.7 Å². The molecular formula is C23H29N5O3. The number of hydrogen-bond donors (Lipinski definition) is 5. The van der Waals surface area contributed by atoms with Crippen LogP contribution < -0.4 is 16.4 Å². The maximum Gasteiger partial charge on any atom is 0.304 e. The molecule has 0 spiro atoms. The van der Waals surface area contributed by atoms with Gasteiger partial charge in [0, 0.05) is 36.1 Å². The van der Waals surface area contributed by atoms with Gasteiger partial charge in [-0.25, -0.2) is 0 Å². The van der Waals surface area contributed by atoms with E-state index >= 15 is 0 Å². The number of carbonyl (C=O) groups excluding carboxylic acids is 1. The van der Waals surface area contributed by atoms with Gasteiger partial charge in [0.25, 0.3) is 5.91 Å². The second kappa shape index (κ2) is 10.6. The molecule has 1 unspecified atom stereocenters. The van der Waals surface area contributed by atoms with E-state index in [1.165, 1.54) is 0 Å². The van der Waals surface area contributed by atoms with Crippen LogP contribution in [0.4, 0.5) is 11.4 Å². The van der Waals surface area contributed by atoms with Crippen LogP contribution in [0.5, 0.6) is 0 Å². The van der Waals surface area contributed by atoms with Gasteiger partial charge in [0.05, 0.1) is 12.0 Å². The molecule has 164 valence electrons. The van der Waals surface area contributed by atoms with Crippen LogP contribution in [0.25, 0.3) is 0 Å². The molecule has 1 aliphatic rings. The standard InChI is InChI=1S/C23H29N5O3/c24-22(25)16-8-10-17(11-9-16)27-23(31)19-6-1-2-7-20(19)26-15-18-5-3-4-13-28(18)14-12-21(29)30/h1-2,6-11,18,26H,3-5,12-15H2,(H3,24,25)(H,27,31)(H,29,30). The van der Waals surface area contributed by atoms with Crippen LogP contribution in [0.15, 0.2) is 48.5 Å². The van der Waals surface area contributed by atoms with Gasteiger partial charge in [-0.2, -0.15) is 0 Å². The maximum atomic E-state index is 12.9. The predicted molar refractivity (Wildman–Crippen MR) is 122 cm³/mol. The van der Waals surface area contributed by atoms with Crippen molar-refractivity contribution >= 4 is 29.1 Å². The molecule has 0 radical (unpaired) electrons. The van der Waals surface area contributed by atoms with Crippen LogP contribution >= 0.6 is 0 Å². The highest BCUT2D eigenvalue weighted by Crippen LogP contribution is 2.21. The lowest BCUT2D eigenvalue weighted by molar-refractivity contribution is -0.137. The van der Waals surface area contributed by atoms with E-state index in [-0.39, 0.29) is 24.2 Å². The first-order valence-corrected chi connectivity index (χ1v) is 10.5. The molecule has 1 saturated heterocycles. The smallest absolute Gasteiger partial charge is 0.304 e. The maximum absolute atomic E-state index is 12.9. The number of nitrogens with two attached hydrogens (primary N) is 1. The average molecular weight is 424 g/mol. The molecule has 1 amide bonds. The Balaban J connectivity index is 1.64. The number of aliphatic carboxylic acids is 1. The monoisotopic (exact) mass is 423 g/mol. The van der Waals surface area contributed by atoms with E-state index < -0.39 is 5.97 Å². The molecule has 31 heavy (non-hydrogen) atoms. The Morgan fingerprint density at radius 3 is 2.58 bits per heavy atom. The van der Waals surface area contributed by atoms with Gasteiger partial charge in [-0.15, -0.1) is 0 Å². The molecule has 1 fully saturated rings. The Hall–Kier alpha value is -3.39. The number of para-hydroxylation sites is 1. The van der Waals surface area contributed by atoms with Crippen LogP contribution in [-0.4, -0.2) is 53.4 Å². The predicted octanol–water partition coefficient (Wildman–Crippen LogP) is 2.96. The van der Waals surface area contributed by atoms with E-state index in [0.717, 1.165) is 31.5 Å². The largest absolute Gasteiger partial charge is 0.481 e. The minimum absolute atomic E-state index is 0.0208. The molecule has 0 aliphatic carbocycles. The number of nitrogens with zero attached hydrogens (tertiary/aromatic N) is 1. The van der Waals surface area contributed by atoms with Crippen LogP contribution in [0.2, 0.25) is 0 Å². The number of benzene rings is 2. The quantitative estimate of drug-likeness (QED) is 0.311. The van der Waals surface area contributed by atoms with Crippen molar-refractivity contribution in [1.82, 2.24) is 4.90 Å². The van der Waals surface area contributed by atoms with Gasteiger partial charge < -0.3 is 21.5 Å². The number of piperidine rings is 1. The lowest BCUT2D eigenvalue weighted by Gasteiger charge is -2.35. The highest BCUT2D eigenvalue weighted by molar-refractivity contribution is 6.08. The summed E-state index contributed by atoms with van der Waals surface area (Å²) in [5.74, 6) is -1.03. The van der Waals surface area contributed by atoms with Gasteiger partial charge in [-0.05, 0) is 55.8 Å². The number of anilines is 2. The molecule has 2 aromatic carbocycles. The summed E-state index contributed by atoms with van der Waals surface area (Å²) in [6.45, 7) is 2.09. The highest BCUT2D eigenvalue weighted by atomic mass is 16.4. The number of carboxylic acid groups (broad SMARTS) is 1. The first-order valence-electron chi connectivity index (χ1n) is 10.5. The minimum Gasteiger partial charge on any atom is -0.481 e. The van der Waals surface area contributed by atoms with Crippen molar-refractivity contribution in [3.05, 3.63) is 59.7 Å². The lowest BCUT2D eigenvalue weighted by Crippen LogP contribution is -2.44. The summed E-state index contributed by atoms with van der Waals surface area (Å²) in [5.41, 5.74) is 7.96. The molecule has 1 aliphatic heterocycles. The zero-order valence-electron chi connectivity index (χ0n) is 17.4. The van der Waals surface area contributed by atoms with Crippen molar-refractivity contribution in [2.24, 2.45) is 5.73 Å².